The molecule has 0 bridgehead atoms. The zero-order valence-corrected chi connectivity index (χ0v) is 18.9. The van der Waals surface area contributed by atoms with E-state index in [0.717, 1.165) is 52.6 Å². The van der Waals surface area contributed by atoms with Gasteiger partial charge in [0.05, 0.1) is 20.6 Å². The Balaban J connectivity index is 1.44. The van der Waals surface area contributed by atoms with E-state index >= 15 is 0 Å². The van der Waals surface area contributed by atoms with Gasteiger partial charge in [-0.15, -0.1) is 11.3 Å². The van der Waals surface area contributed by atoms with Crippen LogP contribution in [0.4, 0.5) is 0 Å². The third-order valence-electron chi connectivity index (χ3n) is 5.79. The van der Waals surface area contributed by atoms with Crippen LogP contribution in [-0.2, 0) is 6.42 Å². The van der Waals surface area contributed by atoms with E-state index < -0.39 is 0 Å². The number of likely N-dealkylation sites (tertiary alicyclic amines) is 1. The van der Waals surface area contributed by atoms with Crippen molar-refractivity contribution in [2.75, 3.05) is 6.54 Å². The molecule has 1 amide bonds. The number of piperidine rings is 1. The monoisotopic (exact) mass is 450 g/mol. The number of halogens is 1. The molecule has 3 aromatic heterocycles. The molecule has 0 radical (unpaired) electrons. The van der Waals surface area contributed by atoms with E-state index in [1.807, 2.05) is 71.1 Å². The molecule has 4 aromatic rings. The molecule has 5 rings (SSSR count). The topological polar surface area (TPSA) is 50.5 Å². The minimum Gasteiger partial charge on any atom is -0.334 e. The first-order valence-corrected chi connectivity index (χ1v) is 11.8. The largest absolute Gasteiger partial charge is 0.334 e. The fraction of sp³-hybridized carbons (Fsp3) is 0.292. The van der Waals surface area contributed by atoms with Gasteiger partial charge in [0, 0.05) is 31.4 Å². The zero-order valence-electron chi connectivity index (χ0n) is 17.3. The van der Waals surface area contributed by atoms with Gasteiger partial charge in [0.15, 0.2) is 5.65 Å². The fourth-order valence-electron chi connectivity index (χ4n) is 4.34. The number of imidazole rings is 1. The van der Waals surface area contributed by atoms with Crippen molar-refractivity contribution >= 4 is 34.5 Å². The van der Waals surface area contributed by atoms with E-state index in [1.54, 1.807) is 11.3 Å². The lowest BCUT2D eigenvalue weighted by Gasteiger charge is -2.35. The normalized spacial score (nSPS) is 16.7. The Morgan fingerprint density at radius 2 is 2.00 bits per heavy atom. The molecule has 1 aromatic carbocycles. The van der Waals surface area contributed by atoms with Gasteiger partial charge in [-0.1, -0.05) is 41.9 Å². The standard InChI is InChI=1S/C24H23ClN4OS/c1-16-26-21(22(31-16)17-8-3-2-4-9-17)24(30)29-13-6-5-10-19(29)14-18-15-28-12-7-11-20(25)23(28)27-18/h2-4,7-9,11-12,15,19H,5-6,10,13-14H2,1H3. The number of carbonyl (C=O) groups excluding carboxylic acids is 1. The number of amides is 1. The third-order valence-corrected chi connectivity index (χ3v) is 7.11. The highest BCUT2D eigenvalue weighted by Gasteiger charge is 2.31. The number of nitrogens with zero attached hydrogens (tertiary/aromatic N) is 4. The molecule has 4 heterocycles. The third kappa shape index (κ3) is 3.98. The summed E-state index contributed by atoms with van der Waals surface area (Å²) in [5.74, 6) is 0.0229. The van der Waals surface area contributed by atoms with Crippen LogP contribution in [0.3, 0.4) is 0 Å². The first-order valence-electron chi connectivity index (χ1n) is 10.6. The molecule has 158 valence electrons. The number of benzene rings is 1. The number of thiazole rings is 1. The van der Waals surface area contributed by atoms with E-state index in [9.17, 15) is 4.79 Å². The van der Waals surface area contributed by atoms with Gasteiger partial charge in [0.1, 0.15) is 5.69 Å². The van der Waals surface area contributed by atoms with Gasteiger partial charge in [-0.25, -0.2) is 9.97 Å². The van der Waals surface area contributed by atoms with Gasteiger partial charge in [0.25, 0.3) is 5.91 Å². The van der Waals surface area contributed by atoms with Crippen LogP contribution in [0.5, 0.6) is 0 Å². The number of hydrogen-bond donors (Lipinski definition) is 0. The molecule has 0 spiro atoms. The quantitative estimate of drug-likeness (QED) is 0.403. The Morgan fingerprint density at radius 1 is 1.16 bits per heavy atom. The summed E-state index contributed by atoms with van der Waals surface area (Å²) in [5.41, 5.74) is 3.32. The number of carbonyl (C=O) groups is 1. The maximum Gasteiger partial charge on any atom is 0.274 e. The van der Waals surface area contributed by atoms with Crippen molar-refractivity contribution in [2.45, 2.75) is 38.6 Å². The summed E-state index contributed by atoms with van der Waals surface area (Å²) in [6, 6.07) is 13.9. The van der Waals surface area contributed by atoms with Crippen LogP contribution in [0.2, 0.25) is 5.02 Å². The minimum absolute atomic E-state index is 0.0229. The molecule has 31 heavy (non-hydrogen) atoms. The van der Waals surface area contributed by atoms with Crippen molar-refractivity contribution in [1.29, 1.82) is 0 Å². The van der Waals surface area contributed by atoms with Crippen LogP contribution in [0.15, 0.2) is 54.9 Å². The van der Waals surface area contributed by atoms with Gasteiger partial charge in [-0.3, -0.25) is 4.79 Å². The number of aromatic nitrogens is 3. The smallest absolute Gasteiger partial charge is 0.274 e. The molecule has 1 atom stereocenters. The first kappa shape index (κ1) is 20.2. The molecule has 1 aliphatic heterocycles. The summed E-state index contributed by atoms with van der Waals surface area (Å²) in [6.45, 7) is 2.71. The second kappa shape index (κ2) is 8.44. The van der Waals surface area contributed by atoms with Crippen molar-refractivity contribution in [3.8, 4) is 10.4 Å². The molecule has 1 saturated heterocycles. The number of hydrogen-bond acceptors (Lipinski definition) is 4. The van der Waals surface area contributed by atoms with Gasteiger partial charge in [-0.05, 0) is 43.9 Å². The lowest BCUT2D eigenvalue weighted by Crippen LogP contribution is -2.45. The van der Waals surface area contributed by atoms with Crippen LogP contribution < -0.4 is 0 Å². The Kier molecular flexibility index (Phi) is 5.50. The van der Waals surface area contributed by atoms with Crippen LogP contribution >= 0.6 is 22.9 Å². The number of fused-ring (bicyclic) bond motifs is 1. The van der Waals surface area contributed by atoms with E-state index in [1.165, 1.54) is 0 Å². The van der Waals surface area contributed by atoms with Crippen LogP contribution in [0, 0.1) is 6.92 Å². The Hall–Kier alpha value is -2.70. The van der Waals surface area contributed by atoms with Gasteiger partial charge >= 0.3 is 0 Å². The summed E-state index contributed by atoms with van der Waals surface area (Å²) in [4.78, 5) is 26.0. The Morgan fingerprint density at radius 3 is 2.81 bits per heavy atom. The molecular weight excluding hydrogens is 428 g/mol. The van der Waals surface area contributed by atoms with E-state index in [4.69, 9.17) is 16.6 Å². The zero-order chi connectivity index (χ0) is 21.4. The van der Waals surface area contributed by atoms with Crippen molar-refractivity contribution in [2.24, 2.45) is 0 Å². The SMILES string of the molecule is Cc1nc(C(=O)N2CCCCC2Cc2cn3cccc(Cl)c3n2)c(-c2ccccc2)s1. The highest BCUT2D eigenvalue weighted by Crippen LogP contribution is 2.32. The van der Waals surface area contributed by atoms with Crippen molar-refractivity contribution in [3.05, 3.63) is 76.3 Å². The molecule has 1 aliphatic rings. The molecular formula is C24H23ClN4OS. The second-order valence-electron chi connectivity index (χ2n) is 7.95. The molecule has 0 N–H and O–H groups in total. The number of aryl methyl sites for hydroxylation is 1. The summed E-state index contributed by atoms with van der Waals surface area (Å²) < 4.78 is 1.95. The Bertz CT molecular complexity index is 1230. The van der Waals surface area contributed by atoms with Gasteiger partial charge in [0.2, 0.25) is 0 Å². The summed E-state index contributed by atoms with van der Waals surface area (Å²) in [7, 11) is 0. The predicted octanol–water partition coefficient (Wildman–Crippen LogP) is 5.66. The maximum atomic E-state index is 13.7. The van der Waals surface area contributed by atoms with Crippen molar-refractivity contribution < 1.29 is 4.79 Å². The van der Waals surface area contributed by atoms with Gasteiger partial charge < -0.3 is 9.30 Å². The number of rotatable bonds is 4. The van der Waals surface area contributed by atoms with Crippen LogP contribution in [0.25, 0.3) is 16.1 Å². The van der Waals surface area contributed by atoms with Gasteiger partial charge in [-0.2, -0.15) is 0 Å². The van der Waals surface area contributed by atoms with E-state index in [-0.39, 0.29) is 11.9 Å². The summed E-state index contributed by atoms with van der Waals surface area (Å²) in [5, 5.41) is 1.54. The predicted molar refractivity (Wildman–Crippen MR) is 125 cm³/mol. The van der Waals surface area contributed by atoms with E-state index in [2.05, 4.69) is 4.98 Å². The average Bonchev–Trinajstić information content (AvgIpc) is 3.38. The molecule has 0 aliphatic carbocycles. The molecule has 5 nitrogen and oxygen atoms in total. The van der Waals surface area contributed by atoms with E-state index in [0.29, 0.717) is 17.1 Å². The molecule has 0 saturated carbocycles. The van der Waals surface area contributed by atoms with Crippen molar-refractivity contribution in [3.63, 3.8) is 0 Å². The minimum atomic E-state index is 0.0229. The second-order valence-corrected chi connectivity index (χ2v) is 9.56. The van der Waals surface area contributed by atoms with Crippen LogP contribution in [-0.4, -0.2) is 37.8 Å². The summed E-state index contributed by atoms with van der Waals surface area (Å²) >= 11 is 7.88. The van der Waals surface area contributed by atoms with Crippen molar-refractivity contribution in [1.82, 2.24) is 19.3 Å². The molecule has 1 fully saturated rings. The fourth-order valence-corrected chi connectivity index (χ4v) is 5.47. The summed E-state index contributed by atoms with van der Waals surface area (Å²) in [6.07, 6.45) is 7.78. The lowest BCUT2D eigenvalue weighted by atomic mass is 9.97. The maximum absolute atomic E-state index is 13.7. The highest BCUT2D eigenvalue weighted by atomic mass is 35.5. The first-order chi connectivity index (χ1) is 15.1. The Labute approximate surface area is 190 Å². The number of pyridine rings is 1. The average molecular weight is 451 g/mol. The molecule has 7 heteroatoms. The molecule has 1 unspecified atom stereocenters. The van der Waals surface area contributed by atoms with Crippen LogP contribution in [0.1, 0.15) is 40.5 Å². The lowest BCUT2D eigenvalue weighted by molar-refractivity contribution is 0.0608. The highest BCUT2D eigenvalue weighted by molar-refractivity contribution is 7.15.